The highest BCUT2D eigenvalue weighted by Crippen LogP contribution is 2.17. The highest BCUT2D eigenvalue weighted by atomic mass is 16.5. The molecule has 0 aliphatic heterocycles. The second kappa shape index (κ2) is 7.96. The summed E-state index contributed by atoms with van der Waals surface area (Å²) in [4.78, 5) is 11.3. The van der Waals surface area contributed by atoms with Gasteiger partial charge in [0.25, 0.3) is 0 Å². The van der Waals surface area contributed by atoms with Crippen LogP contribution in [0.15, 0.2) is 16.5 Å². The van der Waals surface area contributed by atoms with Crippen molar-refractivity contribution in [2.75, 3.05) is 20.3 Å². The Bertz CT molecular complexity index is 389. The topological polar surface area (TPSA) is 71.7 Å². The number of nitrogens with one attached hydrogen (secondary N) is 1. The molecule has 0 spiro atoms. The molecule has 0 aliphatic carbocycles. The second-order valence-corrected chi connectivity index (χ2v) is 4.80. The third-order valence-corrected chi connectivity index (χ3v) is 3.08. The first-order chi connectivity index (χ1) is 9.08. The maximum Gasteiger partial charge on any atom is 0.373 e. The molecule has 0 fully saturated rings. The van der Waals surface area contributed by atoms with E-state index in [1.165, 1.54) is 7.11 Å². The van der Waals surface area contributed by atoms with E-state index in [4.69, 9.17) is 9.52 Å². The van der Waals surface area contributed by atoms with E-state index < -0.39 is 5.97 Å². The van der Waals surface area contributed by atoms with Gasteiger partial charge >= 0.3 is 5.97 Å². The number of hydrogen-bond acceptors (Lipinski definition) is 5. The summed E-state index contributed by atoms with van der Waals surface area (Å²) in [7, 11) is 1.33. The summed E-state index contributed by atoms with van der Waals surface area (Å²) in [5.41, 5.74) is 0. The van der Waals surface area contributed by atoms with Gasteiger partial charge in [-0.1, -0.05) is 6.92 Å². The third kappa shape index (κ3) is 5.04. The molecule has 2 unspecified atom stereocenters. The van der Waals surface area contributed by atoms with E-state index in [9.17, 15) is 4.79 Å². The van der Waals surface area contributed by atoms with E-state index in [1.54, 1.807) is 12.1 Å². The van der Waals surface area contributed by atoms with Crippen LogP contribution in [0.25, 0.3) is 0 Å². The number of rotatable bonds is 8. The lowest BCUT2D eigenvalue weighted by Crippen LogP contribution is -2.20. The summed E-state index contributed by atoms with van der Waals surface area (Å²) in [6, 6.07) is 3.44. The lowest BCUT2D eigenvalue weighted by molar-refractivity contribution is 0.0562. The van der Waals surface area contributed by atoms with Gasteiger partial charge in [0.2, 0.25) is 5.76 Å². The van der Waals surface area contributed by atoms with Crippen molar-refractivity contribution in [1.82, 2.24) is 5.32 Å². The maximum atomic E-state index is 11.3. The number of ether oxygens (including phenoxy) is 1. The molecular weight excluding hydrogens is 246 g/mol. The molecule has 0 bridgehead atoms. The van der Waals surface area contributed by atoms with Crippen molar-refractivity contribution < 1.29 is 19.1 Å². The molecule has 5 nitrogen and oxygen atoms in total. The van der Waals surface area contributed by atoms with E-state index in [0.717, 1.165) is 25.1 Å². The van der Waals surface area contributed by atoms with Gasteiger partial charge in [0.15, 0.2) is 0 Å². The van der Waals surface area contributed by atoms with Crippen LogP contribution in [0.2, 0.25) is 0 Å². The highest BCUT2D eigenvalue weighted by Gasteiger charge is 2.14. The zero-order chi connectivity index (χ0) is 14.3. The van der Waals surface area contributed by atoms with Crippen molar-refractivity contribution in [1.29, 1.82) is 0 Å². The van der Waals surface area contributed by atoms with Crippen LogP contribution < -0.4 is 5.32 Å². The van der Waals surface area contributed by atoms with Crippen LogP contribution in [0.3, 0.4) is 0 Å². The Morgan fingerprint density at radius 1 is 1.47 bits per heavy atom. The van der Waals surface area contributed by atoms with E-state index >= 15 is 0 Å². The molecule has 19 heavy (non-hydrogen) atoms. The minimum absolute atomic E-state index is 0.0443. The Balaban J connectivity index is 2.35. The number of hydrogen-bond donors (Lipinski definition) is 2. The molecule has 1 aromatic heterocycles. The molecule has 0 saturated heterocycles. The van der Waals surface area contributed by atoms with Gasteiger partial charge in [0.1, 0.15) is 5.76 Å². The summed E-state index contributed by atoms with van der Waals surface area (Å²) in [5, 5.41) is 12.2. The van der Waals surface area contributed by atoms with Crippen molar-refractivity contribution in [3.05, 3.63) is 23.7 Å². The van der Waals surface area contributed by atoms with Gasteiger partial charge in [-0.25, -0.2) is 4.79 Å². The monoisotopic (exact) mass is 269 g/mol. The van der Waals surface area contributed by atoms with Gasteiger partial charge in [0.05, 0.1) is 13.2 Å². The van der Waals surface area contributed by atoms with E-state index in [2.05, 4.69) is 10.1 Å². The number of aliphatic hydroxyl groups is 1. The molecule has 1 heterocycles. The lowest BCUT2D eigenvalue weighted by Gasteiger charge is -2.12. The normalized spacial score (nSPS) is 14.1. The lowest BCUT2D eigenvalue weighted by atomic mass is 10.1. The Morgan fingerprint density at radius 3 is 2.84 bits per heavy atom. The molecule has 5 heteroatoms. The molecule has 1 rings (SSSR count). The minimum atomic E-state index is -0.463. The molecule has 2 N–H and O–H groups in total. The van der Waals surface area contributed by atoms with Crippen LogP contribution in [0.1, 0.15) is 49.0 Å². The summed E-state index contributed by atoms with van der Waals surface area (Å²) in [5.74, 6) is 0.817. The Morgan fingerprint density at radius 2 is 2.21 bits per heavy atom. The standard InChI is InChI=1S/C14H23NO4/c1-10(9-16)5-4-8-15-11(2)12-6-7-13(19-12)14(17)18-3/h6-7,10-11,15-16H,4-5,8-9H2,1-3H3. The molecule has 0 saturated carbocycles. The molecule has 1 aromatic rings. The predicted molar refractivity (Wildman–Crippen MR) is 71.9 cm³/mol. The number of methoxy groups -OCH3 is 1. The summed E-state index contributed by atoms with van der Waals surface area (Å²) >= 11 is 0. The van der Waals surface area contributed by atoms with Gasteiger partial charge in [-0.15, -0.1) is 0 Å². The largest absolute Gasteiger partial charge is 0.463 e. The number of esters is 1. The summed E-state index contributed by atoms with van der Waals surface area (Å²) < 4.78 is 10.0. The maximum absolute atomic E-state index is 11.3. The van der Waals surface area contributed by atoms with Crippen molar-refractivity contribution in [2.45, 2.75) is 32.7 Å². The Hall–Kier alpha value is -1.33. The molecule has 0 aliphatic rings. The van der Waals surface area contributed by atoms with Crippen LogP contribution >= 0.6 is 0 Å². The van der Waals surface area contributed by atoms with Gasteiger partial charge in [-0.05, 0) is 44.4 Å². The fourth-order valence-corrected chi connectivity index (χ4v) is 1.76. The zero-order valence-corrected chi connectivity index (χ0v) is 11.8. The fraction of sp³-hybridized carbons (Fsp3) is 0.643. The number of furan rings is 1. The predicted octanol–water partition coefficient (Wildman–Crippen LogP) is 2.13. The quantitative estimate of drug-likeness (QED) is 0.559. The van der Waals surface area contributed by atoms with Gasteiger partial charge in [-0.3, -0.25) is 0 Å². The minimum Gasteiger partial charge on any atom is -0.463 e. The van der Waals surface area contributed by atoms with Crippen molar-refractivity contribution in [2.24, 2.45) is 5.92 Å². The van der Waals surface area contributed by atoms with Crippen LogP contribution in [0.5, 0.6) is 0 Å². The molecule has 0 aromatic carbocycles. The first kappa shape index (κ1) is 15.7. The van der Waals surface area contributed by atoms with Crippen molar-refractivity contribution in [3.63, 3.8) is 0 Å². The molecule has 108 valence electrons. The number of aliphatic hydroxyl groups excluding tert-OH is 1. The summed E-state index contributed by atoms with van der Waals surface area (Å²) in [6.07, 6.45) is 1.98. The number of carbonyl (C=O) groups excluding carboxylic acids is 1. The molecular formula is C14H23NO4. The molecule has 0 radical (unpaired) electrons. The smallest absolute Gasteiger partial charge is 0.373 e. The first-order valence-corrected chi connectivity index (χ1v) is 6.60. The Kier molecular flexibility index (Phi) is 6.59. The van der Waals surface area contributed by atoms with E-state index in [0.29, 0.717) is 5.92 Å². The number of carbonyl (C=O) groups is 1. The van der Waals surface area contributed by atoms with Gasteiger partial charge in [-0.2, -0.15) is 0 Å². The second-order valence-electron chi connectivity index (χ2n) is 4.80. The van der Waals surface area contributed by atoms with Crippen molar-refractivity contribution >= 4 is 5.97 Å². The van der Waals surface area contributed by atoms with Crippen LogP contribution in [0.4, 0.5) is 0 Å². The van der Waals surface area contributed by atoms with Gasteiger partial charge < -0.3 is 19.6 Å². The Labute approximate surface area is 113 Å². The first-order valence-electron chi connectivity index (χ1n) is 6.60. The SMILES string of the molecule is COC(=O)c1ccc(C(C)NCCCC(C)CO)o1. The highest BCUT2D eigenvalue weighted by molar-refractivity contribution is 5.86. The molecule has 2 atom stereocenters. The van der Waals surface area contributed by atoms with E-state index in [-0.39, 0.29) is 18.4 Å². The average Bonchev–Trinajstić information content (AvgIpc) is 2.91. The van der Waals surface area contributed by atoms with E-state index in [1.807, 2.05) is 13.8 Å². The van der Waals surface area contributed by atoms with Crippen molar-refractivity contribution in [3.8, 4) is 0 Å². The fourth-order valence-electron chi connectivity index (χ4n) is 1.76. The average molecular weight is 269 g/mol. The molecule has 0 amide bonds. The van der Waals surface area contributed by atoms with Crippen LogP contribution in [0, 0.1) is 5.92 Å². The van der Waals surface area contributed by atoms with Crippen LogP contribution in [-0.2, 0) is 4.74 Å². The zero-order valence-electron chi connectivity index (χ0n) is 11.8. The third-order valence-electron chi connectivity index (χ3n) is 3.08. The van der Waals surface area contributed by atoms with Crippen LogP contribution in [-0.4, -0.2) is 31.3 Å². The van der Waals surface area contributed by atoms with Gasteiger partial charge in [0, 0.05) is 6.61 Å². The summed E-state index contributed by atoms with van der Waals surface area (Å²) in [6.45, 7) is 5.09.